The Kier molecular flexibility index (Phi) is 3.88. The van der Waals surface area contributed by atoms with E-state index in [0.717, 1.165) is 30.5 Å². The molecular weight excluding hydrogens is 295 g/mol. The second-order valence-corrected chi connectivity index (χ2v) is 6.40. The molecule has 0 radical (unpaired) electrons. The lowest BCUT2D eigenvalue weighted by Crippen LogP contribution is -2.06. The Labute approximate surface area is 119 Å². The standard InChI is InChI=1S/C11H12Cl2N2S2/c1-14-7-5-16-10(9(7)13)8-4-6(12)11(17-8)15(2)3/h4-5,14H,1-3H3. The Hall–Kier alpha value is -0.420. The second-order valence-electron chi connectivity index (χ2n) is 3.70. The van der Waals surface area contributed by atoms with E-state index in [9.17, 15) is 0 Å². The van der Waals surface area contributed by atoms with E-state index in [1.807, 2.05) is 37.5 Å². The number of rotatable bonds is 3. The van der Waals surface area contributed by atoms with Gasteiger partial charge in [0.15, 0.2) is 0 Å². The van der Waals surface area contributed by atoms with Crippen molar-refractivity contribution in [3.05, 3.63) is 21.5 Å². The molecule has 6 heteroatoms. The van der Waals surface area contributed by atoms with Crippen LogP contribution in [0, 0.1) is 0 Å². The van der Waals surface area contributed by atoms with Gasteiger partial charge in [0.05, 0.1) is 20.6 Å². The molecule has 1 N–H and O–H groups in total. The van der Waals surface area contributed by atoms with Crippen LogP contribution in [0.5, 0.6) is 0 Å². The number of nitrogens with one attached hydrogen (secondary N) is 1. The fourth-order valence-corrected chi connectivity index (χ4v) is 4.47. The maximum Gasteiger partial charge on any atom is 0.110 e. The zero-order chi connectivity index (χ0) is 12.6. The zero-order valence-electron chi connectivity index (χ0n) is 9.67. The summed E-state index contributed by atoms with van der Waals surface area (Å²) in [4.78, 5) is 4.18. The Bertz CT molecular complexity index is 532. The van der Waals surface area contributed by atoms with Crippen LogP contribution in [0.25, 0.3) is 9.75 Å². The lowest BCUT2D eigenvalue weighted by Gasteiger charge is -2.08. The van der Waals surface area contributed by atoms with E-state index in [-0.39, 0.29) is 0 Å². The van der Waals surface area contributed by atoms with Crippen molar-refractivity contribution in [3.63, 3.8) is 0 Å². The molecular formula is C11H12Cl2N2S2. The summed E-state index contributed by atoms with van der Waals surface area (Å²) in [5, 5.41) is 7.67. The minimum atomic E-state index is 0.765. The third-order valence-corrected chi connectivity index (χ3v) is 5.67. The topological polar surface area (TPSA) is 15.3 Å². The van der Waals surface area contributed by atoms with Gasteiger partial charge in [-0.25, -0.2) is 0 Å². The first-order chi connectivity index (χ1) is 8.04. The molecule has 0 unspecified atom stereocenters. The van der Waals surface area contributed by atoms with Gasteiger partial charge in [-0.3, -0.25) is 0 Å². The molecule has 0 saturated heterocycles. The van der Waals surface area contributed by atoms with Gasteiger partial charge in [-0.05, 0) is 6.07 Å². The molecule has 2 aromatic heterocycles. The maximum absolute atomic E-state index is 6.30. The fourth-order valence-electron chi connectivity index (χ4n) is 1.45. The first kappa shape index (κ1) is 13.0. The van der Waals surface area contributed by atoms with Crippen molar-refractivity contribution in [2.24, 2.45) is 0 Å². The lowest BCUT2D eigenvalue weighted by atomic mass is 10.3. The molecule has 92 valence electrons. The Morgan fingerprint density at radius 1 is 1.29 bits per heavy atom. The Morgan fingerprint density at radius 2 is 2.00 bits per heavy atom. The van der Waals surface area contributed by atoms with Crippen LogP contribution in [-0.4, -0.2) is 21.1 Å². The van der Waals surface area contributed by atoms with Gasteiger partial charge in [0.25, 0.3) is 0 Å². The van der Waals surface area contributed by atoms with Crippen molar-refractivity contribution in [1.82, 2.24) is 0 Å². The number of thiophene rings is 2. The summed E-state index contributed by atoms with van der Waals surface area (Å²) in [6.45, 7) is 0. The summed E-state index contributed by atoms with van der Waals surface area (Å²) in [7, 11) is 5.83. The molecule has 0 aromatic carbocycles. The van der Waals surface area contributed by atoms with Crippen LogP contribution in [0.3, 0.4) is 0 Å². The van der Waals surface area contributed by atoms with Crippen molar-refractivity contribution in [2.75, 3.05) is 31.4 Å². The average Bonchev–Trinajstić information content (AvgIpc) is 2.81. The molecule has 0 aliphatic carbocycles. The monoisotopic (exact) mass is 306 g/mol. The summed E-state index contributed by atoms with van der Waals surface area (Å²) in [6, 6.07) is 1.97. The molecule has 0 aliphatic rings. The maximum atomic E-state index is 6.30. The van der Waals surface area contributed by atoms with E-state index in [4.69, 9.17) is 23.2 Å². The molecule has 2 heterocycles. The first-order valence-corrected chi connectivity index (χ1v) is 7.41. The predicted octanol–water partition coefficient (Wildman–Crippen LogP) is 4.89. The highest BCUT2D eigenvalue weighted by Crippen LogP contribution is 2.46. The summed E-state index contributed by atoms with van der Waals surface area (Å²) < 4.78 is 0. The van der Waals surface area contributed by atoms with Crippen LogP contribution >= 0.6 is 45.9 Å². The van der Waals surface area contributed by atoms with Crippen LogP contribution in [-0.2, 0) is 0 Å². The van der Waals surface area contributed by atoms with E-state index >= 15 is 0 Å². The van der Waals surface area contributed by atoms with Gasteiger partial charge in [-0.1, -0.05) is 23.2 Å². The van der Waals surface area contributed by atoms with Crippen LogP contribution in [0.15, 0.2) is 11.4 Å². The van der Waals surface area contributed by atoms with Crippen molar-refractivity contribution in [1.29, 1.82) is 0 Å². The highest BCUT2D eigenvalue weighted by atomic mass is 35.5. The molecule has 2 nitrogen and oxygen atoms in total. The minimum Gasteiger partial charge on any atom is -0.386 e. The number of hydrogen-bond acceptors (Lipinski definition) is 4. The Balaban J connectivity index is 2.46. The quantitative estimate of drug-likeness (QED) is 0.868. The molecule has 0 fully saturated rings. The molecule has 2 rings (SSSR count). The molecule has 0 atom stereocenters. The average molecular weight is 307 g/mol. The van der Waals surface area contributed by atoms with E-state index < -0.39 is 0 Å². The van der Waals surface area contributed by atoms with E-state index in [1.165, 1.54) is 0 Å². The van der Waals surface area contributed by atoms with Crippen LogP contribution in [0.2, 0.25) is 10.0 Å². The smallest absolute Gasteiger partial charge is 0.110 e. The SMILES string of the molecule is CNc1csc(-c2cc(Cl)c(N(C)C)s2)c1Cl. The van der Waals surface area contributed by atoms with Gasteiger partial charge >= 0.3 is 0 Å². The van der Waals surface area contributed by atoms with Gasteiger partial charge in [0.1, 0.15) is 5.00 Å². The van der Waals surface area contributed by atoms with E-state index in [1.54, 1.807) is 22.7 Å². The molecule has 0 saturated carbocycles. The van der Waals surface area contributed by atoms with Crippen molar-refractivity contribution in [2.45, 2.75) is 0 Å². The highest BCUT2D eigenvalue weighted by Gasteiger charge is 2.16. The summed E-state index contributed by atoms with van der Waals surface area (Å²) >= 11 is 15.8. The van der Waals surface area contributed by atoms with E-state index in [0.29, 0.717) is 0 Å². The molecule has 17 heavy (non-hydrogen) atoms. The van der Waals surface area contributed by atoms with Gasteiger partial charge < -0.3 is 10.2 Å². The number of halogens is 2. The molecule has 0 amide bonds. The van der Waals surface area contributed by atoms with Crippen LogP contribution in [0.4, 0.5) is 10.7 Å². The summed E-state index contributed by atoms with van der Waals surface area (Å²) in [5.74, 6) is 0. The molecule has 0 aliphatic heterocycles. The molecule has 0 bridgehead atoms. The molecule has 2 aromatic rings. The van der Waals surface area contributed by atoms with Gasteiger partial charge in [0.2, 0.25) is 0 Å². The highest BCUT2D eigenvalue weighted by molar-refractivity contribution is 7.24. The third kappa shape index (κ3) is 2.40. The number of anilines is 2. The summed E-state index contributed by atoms with van der Waals surface area (Å²) in [5.41, 5.74) is 0.961. The van der Waals surface area contributed by atoms with Crippen LogP contribution in [0.1, 0.15) is 0 Å². The first-order valence-electron chi connectivity index (χ1n) is 4.96. The number of nitrogens with zero attached hydrogens (tertiary/aromatic N) is 1. The van der Waals surface area contributed by atoms with Crippen molar-refractivity contribution < 1.29 is 0 Å². The normalized spacial score (nSPS) is 10.6. The second kappa shape index (κ2) is 5.06. The van der Waals surface area contributed by atoms with Crippen molar-refractivity contribution >= 4 is 56.6 Å². The van der Waals surface area contributed by atoms with Gasteiger partial charge in [0, 0.05) is 31.4 Å². The largest absolute Gasteiger partial charge is 0.386 e. The zero-order valence-corrected chi connectivity index (χ0v) is 12.8. The lowest BCUT2D eigenvalue weighted by molar-refractivity contribution is 1.16. The van der Waals surface area contributed by atoms with E-state index in [2.05, 4.69) is 5.32 Å². The van der Waals surface area contributed by atoms with Gasteiger partial charge in [-0.2, -0.15) is 0 Å². The molecule has 0 spiro atoms. The summed E-state index contributed by atoms with van der Waals surface area (Å²) in [6.07, 6.45) is 0. The van der Waals surface area contributed by atoms with Crippen LogP contribution < -0.4 is 10.2 Å². The number of hydrogen-bond donors (Lipinski definition) is 1. The van der Waals surface area contributed by atoms with Crippen molar-refractivity contribution in [3.8, 4) is 9.75 Å². The minimum absolute atomic E-state index is 0.765. The fraction of sp³-hybridized carbons (Fsp3) is 0.273. The third-order valence-electron chi connectivity index (χ3n) is 2.30. The van der Waals surface area contributed by atoms with Gasteiger partial charge in [-0.15, -0.1) is 22.7 Å². The predicted molar refractivity (Wildman–Crippen MR) is 81.5 cm³/mol. The Morgan fingerprint density at radius 3 is 2.47 bits per heavy atom.